The van der Waals surface area contributed by atoms with Crippen LogP contribution in [0.4, 0.5) is 14.9 Å². The summed E-state index contributed by atoms with van der Waals surface area (Å²) < 4.78 is 45.9. The first-order chi connectivity index (χ1) is 16.2. The number of hydrogen-bond donors (Lipinski definition) is 3. The van der Waals surface area contributed by atoms with Crippen LogP contribution < -0.4 is 15.4 Å². The Bertz CT molecular complexity index is 1150. The normalized spacial score (nSPS) is 14.9. The summed E-state index contributed by atoms with van der Waals surface area (Å²) in [5.74, 6) is -1.92. The van der Waals surface area contributed by atoms with E-state index in [4.69, 9.17) is 9.84 Å². The van der Waals surface area contributed by atoms with E-state index in [9.17, 15) is 27.2 Å². The third-order valence-electron chi connectivity index (χ3n) is 5.27. The number of ether oxygens (including phenoxy) is 1. The fourth-order valence-corrected chi connectivity index (χ4v) is 4.84. The summed E-state index contributed by atoms with van der Waals surface area (Å²) in [6, 6.07) is 8.81. The minimum absolute atomic E-state index is 0.0521. The number of piperidine rings is 1. The van der Waals surface area contributed by atoms with Gasteiger partial charge in [-0.05, 0) is 43.2 Å². The van der Waals surface area contributed by atoms with Crippen LogP contribution in [0.2, 0.25) is 0 Å². The number of nitrogens with zero attached hydrogens (tertiary/aromatic N) is 1. The maximum Gasteiger partial charge on any atom is 0.341 e. The quantitative estimate of drug-likeness (QED) is 0.455. The van der Waals surface area contributed by atoms with Crippen LogP contribution in [0.25, 0.3) is 0 Å². The molecule has 0 unspecified atom stereocenters. The Hall–Kier alpha value is -3.51. The lowest BCUT2D eigenvalue weighted by atomic mass is 10.0. The molecule has 182 valence electrons. The lowest BCUT2D eigenvalue weighted by Gasteiger charge is -2.28. The first kappa shape index (κ1) is 25.1. The van der Waals surface area contributed by atoms with Gasteiger partial charge in [-0.1, -0.05) is 6.07 Å². The molecular formula is C22H24FN3O7S. The van der Waals surface area contributed by atoms with Crippen molar-refractivity contribution < 1.29 is 37.0 Å². The number of benzene rings is 2. The number of urea groups is 1. The van der Waals surface area contributed by atoms with Crippen LogP contribution in [0.5, 0.6) is 5.75 Å². The summed E-state index contributed by atoms with van der Waals surface area (Å²) in [7, 11) is -3.70. The monoisotopic (exact) mass is 493 g/mol. The van der Waals surface area contributed by atoms with E-state index in [0.717, 1.165) is 12.4 Å². The van der Waals surface area contributed by atoms with E-state index in [1.807, 2.05) is 0 Å². The zero-order valence-corrected chi connectivity index (χ0v) is 18.9. The number of halogens is 1. The van der Waals surface area contributed by atoms with Gasteiger partial charge in [-0.15, -0.1) is 0 Å². The number of anilines is 1. The van der Waals surface area contributed by atoms with Crippen molar-refractivity contribution in [3.8, 4) is 5.75 Å². The summed E-state index contributed by atoms with van der Waals surface area (Å²) in [6.07, 6.45) is 1.83. The van der Waals surface area contributed by atoms with Gasteiger partial charge < -0.3 is 25.3 Å². The van der Waals surface area contributed by atoms with Gasteiger partial charge in [-0.2, -0.15) is 4.31 Å². The Morgan fingerprint density at radius 2 is 1.82 bits per heavy atom. The molecule has 1 fully saturated rings. The van der Waals surface area contributed by atoms with Crippen LogP contribution in [0.15, 0.2) is 47.4 Å². The van der Waals surface area contributed by atoms with Crippen LogP contribution in [0.3, 0.4) is 0 Å². The number of hydrogen-bond acceptors (Lipinski definition) is 6. The molecule has 0 atom stereocenters. The highest BCUT2D eigenvalue weighted by Gasteiger charge is 2.29. The lowest BCUT2D eigenvalue weighted by Crippen LogP contribution is -2.38. The van der Waals surface area contributed by atoms with Gasteiger partial charge in [0.15, 0.2) is 6.61 Å². The lowest BCUT2D eigenvalue weighted by molar-refractivity contribution is -0.139. The van der Waals surface area contributed by atoms with Crippen molar-refractivity contribution in [3.05, 3.63) is 53.8 Å². The first-order valence-electron chi connectivity index (χ1n) is 10.4. The number of sulfonamides is 1. The molecule has 0 radical (unpaired) electrons. The maximum absolute atomic E-state index is 14.1. The molecule has 12 heteroatoms. The molecule has 10 nitrogen and oxygen atoms in total. The summed E-state index contributed by atoms with van der Waals surface area (Å²) in [6.45, 7) is -0.187. The molecule has 0 aromatic heterocycles. The number of amides is 2. The van der Waals surface area contributed by atoms with E-state index >= 15 is 0 Å². The number of carbonyl (C=O) groups is 3. The number of nitrogens with one attached hydrogen (secondary N) is 2. The molecular weight excluding hydrogens is 469 g/mol. The Morgan fingerprint density at radius 1 is 1.15 bits per heavy atom. The largest absolute Gasteiger partial charge is 0.482 e. The molecule has 1 saturated heterocycles. The van der Waals surface area contributed by atoms with Crippen LogP contribution in [0.1, 0.15) is 18.4 Å². The number of carboxylic acid groups (broad SMARTS) is 1. The molecule has 1 aliphatic heterocycles. The van der Waals surface area contributed by atoms with Crippen molar-refractivity contribution in [2.24, 2.45) is 5.92 Å². The molecule has 0 aliphatic carbocycles. The van der Waals surface area contributed by atoms with Crippen molar-refractivity contribution in [1.82, 2.24) is 9.62 Å². The third kappa shape index (κ3) is 6.51. The summed E-state index contributed by atoms with van der Waals surface area (Å²) in [5.41, 5.74) is 0.506. The van der Waals surface area contributed by atoms with E-state index in [2.05, 4.69) is 10.6 Å². The van der Waals surface area contributed by atoms with Crippen LogP contribution in [0, 0.1) is 11.7 Å². The molecule has 34 heavy (non-hydrogen) atoms. The molecule has 3 N–H and O–H groups in total. The second kappa shape index (κ2) is 11.1. The molecule has 0 bridgehead atoms. The molecule has 0 saturated carbocycles. The van der Waals surface area contributed by atoms with E-state index in [1.165, 1.54) is 40.7 Å². The zero-order valence-electron chi connectivity index (χ0n) is 18.1. The summed E-state index contributed by atoms with van der Waals surface area (Å²) in [4.78, 5) is 33.6. The first-order valence-corrected chi connectivity index (χ1v) is 11.9. The Morgan fingerprint density at radius 3 is 2.41 bits per heavy atom. The van der Waals surface area contributed by atoms with Crippen molar-refractivity contribution in [2.45, 2.75) is 24.3 Å². The fourth-order valence-electron chi connectivity index (χ4n) is 3.37. The van der Waals surface area contributed by atoms with Crippen molar-refractivity contribution >= 4 is 34.0 Å². The minimum atomic E-state index is -3.70. The van der Waals surface area contributed by atoms with Gasteiger partial charge in [-0.25, -0.2) is 22.4 Å². The van der Waals surface area contributed by atoms with Crippen LogP contribution >= 0.6 is 0 Å². The number of carbonyl (C=O) groups excluding carboxylic acids is 2. The summed E-state index contributed by atoms with van der Waals surface area (Å²) >= 11 is 0. The van der Waals surface area contributed by atoms with Gasteiger partial charge in [0.1, 0.15) is 17.9 Å². The van der Waals surface area contributed by atoms with Crippen LogP contribution in [-0.2, 0) is 26.2 Å². The highest BCUT2D eigenvalue weighted by Crippen LogP contribution is 2.24. The molecule has 0 spiro atoms. The molecule has 2 amide bonds. The van der Waals surface area contributed by atoms with Gasteiger partial charge in [0.25, 0.3) is 0 Å². The van der Waals surface area contributed by atoms with Gasteiger partial charge in [0, 0.05) is 42.9 Å². The van der Waals surface area contributed by atoms with E-state index in [1.54, 1.807) is 0 Å². The third-order valence-corrected chi connectivity index (χ3v) is 7.18. The van der Waals surface area contributed by atoms with Crippen molar-refractivity contribution in [3.63, 3.8) is 0 Å². The Kier molecular flexibility index (Phi) is 8.18. The predicted molar refractivity (Wildman–Crippen MR) is 119 cm³/mol. The molecule has 1 heterocycles. The number of rotatable bonds is 9. The SMILES string of the molecule is O=CC1CCN(S(=O)(=O)c2ccc(NC(=O)NCc3ccc(OCC(=O)O)cc3F)cc2)CC1. The Labute approximate surface area is 195 Å². The Balaban J connectivity index is 1.53. The molecule has 1 aliphatic rings. The smallest absolute Gasteiger partial charge is 0.341 e. The van der Waals surface area contributed by atoms with E-state index in [-0.39, 0.29) is 41.8 Å². The second-order valence-corrected chi connectivity index (χ2v) is 9.58. The highest BCUT2D eigenvalue weighted by molar-refractivity contribution is 7.89. The number of carboxylic acids is 1. The molecule has 3 rings (SSSR count). The average Bonchev–Trinajstić information content (AvgIpc) is 2.82. The average molecular weight is 494 g/mol. The maximum atomic E-state index is 14.1. The van der Waals surface area contributed by atoms with Gasteiger partial charge in [-0.3, -0.25) is 0 Å². The standard InChI is InChI=1S/C22H24FN3O7S/c23-20-11-18(33-14-21(28)29)4-1-16(20)12-24-22(30)25-17-2-5-19(6-3-17)34(31,32)26-9-7-15(13-27)8-10-26/h1-6,11,13,15H,7-10,12,14H2,(H,28,29)(H2,24,25,30). The number of aliphatic carboxylic acids is 1. The second-order valence-electron chi connectivity index (χ2n) is 7.65. The fraction of sp³-hybridized carbons (Fsp3) is 0.318. The van der Waals surface area contributed by atoms with E-state index in [0.29, 0.717) is 18.5 Å². The predicted octanol–water partition coefficient (Wildman–Crippen LogP) is 2.21. The van der Waals surface area contributed by atoms with Gasteiger partial charge >= 0.3 is 12.0 Å². The highest BCUT2D eigenvalue weighted by atomic mass is 32.2. The van der Waals surface area contributed by atoms with Crippen LogP contribution in [-0.4, -0.2) is 55.8 Å². The topological polar surface area (TPSA) is 142 Å². The van der Waals surface area contributed by atoms with E-state index < -0.39 is 34.4 Å². The van der Waals surface area contributed by atoms with Gasteiger partial charge in [0.2, 0.25) is 10.0 Å². The molecule has 2 aromatic rings. The minimum Gasteiger partial charge on any atom is -0.482 e. The van der Waals surface area contributed by atoms with Crippen molar-refractivity contribution in [1.29, 1.82) is 0 Å². The summed E-state index contributed by atoms with van der Waals surface area (Å²) in [5, 5.41) is 13.6. The zero-order chi connectivity index (χ0) is 24.7. The number of aldehydes is 1. The molecule has 2 aromatic carbocycles. The van der Waals surface area contributed by atoms with Crippen molar-refractivity contribution in [2.75, 3.05) is 25.0 Å². The van der Waals surface area contributed by atoms with Gasteiger partial charge in [0.05, 0.1) is 4.90 Å².